The maximum Gasteiger partial charge on any atom is 0.180 e. The van der Waals surface area contributed by atoms with E-state index in [1.165, 1.54) is 12.8 Å². The molecule has 1 aliphatic heterocycles. The molecule has 0 unspecified atom stereocenters. The summed E-state index contributed by atoms with van der Waals surface area (Å²) in [4.78, 5) is 8.63. The molecule has 0 amide bonds. The minimum Gasteiger partial charge on any atom is -0.488 e. The third-order valence-electron chi connectivity index (χ3n) is 5.52. The van der Waals surface area contributed by atoms with Gasteiger partial charge < -0.3 is 20.1 Å². The fraction of sp³-hybridized carbons (Fsp3) is 0.579. The molecular formula is C19H24N8O3. The van der Waals surface area contributed by atoms with Crippen LogP contribution in [0.25, 0.3) is 11.4 Å². The molecule has 0 radical (unpaired) electrons. The van der Waals surface area contributed by atoms with Gasteiger partial charge in [0.2, 0.25) is 0 Å². The van der Waals surface area contributed by atoms with Gasteiger partial charge in [-0.1, -0.05) is 10.4 Å². The minimum absolute atomic E-state index is 0.188. The van der Waals surface area contributed by atoms with Crippen molar-refractivity contribution >= 4 is 5.84 Å². The monoisotopic (exact) mass is 412 g/mol. The molecule has 3 aliphatic rings. The van der Waals surface area contributed by atoms with Gasteiger partial charge in [0.05, 0.1) is 32.1 Å². The Kier molecular flexibility index (Phi) is 4.91. The largest absolute Gasteiger partial charge is 0.488 e. The highest BCUT2D eigenvalue weighted by Gasteiger charge is 2.47. The van der Waals surface area contributed by atoms with E-state index in [4.69, 9.17) is 20.1 Å². The highest BCUT2D eigenvalue weighted by Crippen LogP contribution is 2.48. The molecule has 2 N–H and O–H groups in total. The van der Waals surface area contributed by atoms with Gasteiger partial charge in [0.1, 0.15) is 17.1 Å². The predicted octanol–water partition coefficient (Wildman–Crippen LogP) is 1.74. The summed E-state index contributed by atoms with van der Waals surface area (Å²) in [7, 11) is 1.62. The summed E-state index contributed by atoms with van der Waals surface area (Å²) in [6.07, 6.45) is 7.77. The third kappa shape index (κ3) is 4.03. The molecule has 0 atom stereocenters. The summed E-state index contributed by atoms with van der Waals surface area (Å²) in [6, 6.07) is 1.83. The number of ether oxygens (including phenoxy) is 3. The van der Waals surface area contributed by atoms with E-state index in [0.717, 1.165) is 26.1 Å². The van der Waals surface area contributed by atoms with Gasteiger partial charge in [-0.3, -0.25) is 4.99 Å². The van der Waals surface area contributed by atoms with Crippen LogP contribution in [0.1, 0.15) is 31.2 Å². The summed E-state index contributed by atoms with van der Waals surface area (Å²) in [6.45, 7) is 1.98. The molecule has 3 fully saturated rings. The van der Waals surface area contributed by atoms with Crippen LogP contribution in [0.4, 0.5) is 0 Å². The molecule has 0 aromatic carbocycles. The van der Waals surface area contributed by atoms with Crippen LogP contribution in [0.2, 0.25) is 0 Å². The highest BCUT2D eigenvalue weighted by atomic mass is 16.7. The van der Waals surface area contributed by atoms with Crippen LogP contribution in [0.3, 0.4) is 0 Å². The molecule has 30 heavy (non-hydrogen) atoms. The van der Waals surface area contributed by atoms with E-state index in [1.54, 1.807) is 17.9 Å². The van der Waals surface area contributed by atoms with E-state index in [-0.39, 0.29) is 17.8 Å². The maximum atomic E-state index is 6.07. The second kappa shape index (κ2) is 7.73. The summed E-state index contributed by atoms with van der Waals surface area (Å²) in [5.74, 6) is 6.16. The van der Waals surface area contributed by atoms with E-state index >= 15 is 0 Å². The topological polar surface area (TPSA) is 134 Å². The zero-order valence-electron chi connectivity index (χ0n) is 16.8. The summed E-state index contributed by atoms with van der Waals surface area (Å²) in [5.41, 5.74) is 2.16. The third-order valence-corrected chi connectivity index (χ3v) is 5.52. The van der Waals surface area contributed by atoms with Gasteiger partial charge in [0.25, 0.3) is 0 Å². The zero-order chi connectivity index (χ0) is 20.6. The molecule has 5 rings (SSSR count). The Balaban J connectivity index is 1.35. The maximum absolute atomic E-state index is 6.07. The Bertz CT molecular complexity index is 970. The van der Waals surface area contributed by atoms with Gasteiger partial charge in [-0.25, -0.2) is 9.67 Å². The fourth-order valence-electron chi connectivity index (χ4n) is 3.35. The molecule has 11 heteroatoms. The first kappa shape index (κ1) is 19.1. The second-order valence-corrected chi connectivity index (χ2v) is 8.03. The minimum atomic E-state index is -0.312. The lowest BCUT2D eigenvalue weighted by Gasteiger charge is -2.29. The van der Waals surface area contributed by atoms with Gasteiger partial charge in [0.15, 0.2) is 12.1 Å². The second-order valence-electron chi connectivity index (χ2n) is 8.03. The molecular weight excluding hydrogens is 388 g/mol. The molecule has 0 bridgehead atoms. The van der Waals surface area contributed by atoms with Crippen molar-refractivity contribution in [2.75, 3.05) is 20.3 Å². The molecule has 1 saturated heterocycles. The first-order valence-corrected chi connectivity index (χ1v) is 10.1. The molecule has 11 nitrogen and oxygen atoms in total. The lowest BCUT2D eigenvalue weighted by Crippen LogP contribution is -2.36. The van der Waals surface area contributed by atoms with Gasteiger partial charge in [-0.05, 0) is 31.7 Å². The molecule has 3 heterocycles. The van der Waals surface area contributed by atoms with Gasteiger partial charge in [-0.15, -0.1) is 10.2 Å². The fourth-order valence-corrected chi connectivity index (χ4v) is 3.35. The Labute approximate surface area is 173 Å². The van der Waals surface area contributed by atoms with E-state index in [1.807, 2.05) is 12.3 Å². The Morgan fingerprint density at radius 2 is 2.13 bits per heavy atom. The Morgan fingerprint density at radius 1 is 1.33 bits per heavy atom. The number of nitrogens with two attached hydrogens (primary N) is 1. The van der Waals surface area contributed by atoms with E-state index in [9.17, 15) is 0 Å². The van der Waals surface area contributed by atoms with Crippen LogP contribution in [0.5, 0.6) is 5.75 Å². The molecule has 1 spiro atoms. The van der Waals surface area contributed by atoms with Crippen LogP contribution in [-0.2, 0) is 16.0 Å². The van der Waals surface area contributed by atoms with Crippen molar-refractivity contribution in [3.8, 4) is 17.1 Å². The first-order chi connectivity index (χ1) is 14.7. The Hall–Kier alpha value is -2.92. The van der Waals surface area contributed by atoms with Crippen molar-refractivity contribution in [1.29, 1.82) is 0 Å². The normalized spacial score (nSPS) is 21.4. The van der Waals surface area contributed by atoms with Gasteiger partial charge in [0, 0.05) is 24.2 Å². The zero-order valence-corrected chi connectivity index (χ0v) is 16.8. The SMILES string of the molecule is CN=C(N=NN)c1cnc(-c2cn(CC3OCC4(CC4)CO3)nn2)c(OC2CC2)c1. The van der Waals surface area contributed by atoms with Crippen LogP contribution in [0, 0.1) is 5.41 Å². The van der Waals surface area contributed by atoms with Gasteiger partial charge in [-0.2, -0.15) is 0 Å². The van der Waals surface area contributed by atoms with Crippen LogP contribution >= 0.6 is 0 Å². The first-order valence-electron chi connectivity index (χ1n) is 10.1. The number of aromatic nitrogens is 4. The number of hydrogen-bond acceptors (Lipinski definition) is 8. The molecule has 2 aliphatic carbocycles. The lowest BCUT2D eigenvalue weighted by atomic mass is 10.1. The van der Waals surface area contributed by atoms with E-state index in [0.29, 0.717) is 35.1 Å². The van der Waals surface area contributed by atoms with Crippen molar-refractivity contribution in [3.63, 3.8) is 0 Å². The summed E-state index contributed by atoms with van der Waals surface area (Å²) >= 11 is 0. The van der Waals surface area contributed by atoms with E-state index < -0.39 is 0 Å². The lowest BCUT2D eigenvalue weighted by molar-refractivity contribution is -0.213. The van der Waals surface area contributed by atoms with Crippen LogP contribution in [0.15, 0.2) is 33.8 Å². The number of rotatable bonds is 6. The molecule has 158 valence electrons. The standard InChI is InChI=1S/C19H24N8O3/c1-21-18(24-25-20)12-6-15(30-13-2-3-13)17(22-7-12)14-8-27(26-23-14)9-16-28-10-19(4-5-19)11-29-16/h6-8,13,16H,2-5,9-11H2,1H3,(H2,20,21,24). The smallest absolute Gasteiger partial charge is 0.180 e. The van der Waals surface area contributed by atoms with Crippen molar-refractivity contribution in [2.24, 2.45) is 26.6 Å². The summed E-state index contributed by atoms with van der Waals surface area (Å²) in [5, 5.41) is 15.6. The quantitative estimate of drug-likeness (QED) is 0.251. The molecule has 2 saturated carbocycles. The average Bonchev–Trinajstić information content (AvgIpc) is 3.68. The van der Waals surface area contributed by atoms with Crippen molar-refractivity contribution in [1.82, 2.24) is 20.0 Å². The van der Waals surface area contributed by atoms with Crippen molar-refractivity contribution < 1.29 is 14.2 Å². The molecule has 2 aromatic rings. The van der Waals surface area contributed by atoms with E-state index in [2.05, 4.69) is 30.6 Å². The number of pyridine rings is 1. The number of amidine groups is 1. The average molecular weight is 412 g/mol. The molecule has 2 aromatic heterocycles. The highest BCUT2D eigenvalue weighted by molar-refractivity contribution is 5.99. The van der Waals surface area contributed by atoms with Crippen LogP contribution in [-0.4, -0.2) is 58.5 Å². The summed E-state index contributed by atoms with van der Waals surface area (Å²) < 4.78 is 19.5. The number of nitrogens with zero attached hydrogens (tertiary/aromatic N) is 7. The van der Waals surface area contributed by atoms with Gasteiger partial charge >= 0.3 is 0 Å². The van der Waals surface area contributed by atoms with Crippen molar-refractivity contribution in [3.05, 3.63) is 24.0 Å². The number of aliphatic imine (C=N–C) groups is 1. The predicted molar refractivity (Wildman–Crippen MR) is 106 cm³/mol. The Morgan fingerprint density at radius 3 is 2.80 bits per heavy atom. The number of hydrogen-bond donors (Lipinski definition) is 1. The van der Waals surface area contributed by atoms with Crippen LogP contribution < -0.4 is 10.6 Å². The van der Waals surface area contributed by atoms with Crippen molar-refractivity contribution in [2.45, 2.75) is 44.6 Å².